The van der Waals surface area contributed by atoms with Crippen LogP contribution in [0.15, 0.2) is 71.6 Å². The molecule has 0 radical (unpaired) electrons. The van der Waals surface area contributed by atoms with E-state index in [2.05, 4.69) is 20.0 Å². The van der Waals surface area contributed by atoms with Gasteiger partial charge in [-0.1, -0.05) is 41.9 Å². The van der Waals surface area contributed by atoms with Gasteiger partial charge in [-0.15, -0.1) is 0 Å². The summed E-state index contributed by atoms with van der Waals surface area (Å²) in [4.78, 5) is 9.08. The van der Waals surface area contributed by atoms with E-state index in [-0.39, 0.29) is 16.5 Å². The maximum atomic E-state index is 13.0. The molecule has 1 aromatic heterocycles. The lowest BCUT2D eigenvalue weighted by Gasteiger charge is -2.21. The van der Waals surface area contributed by atoms with E-state index in [0.717, 1.165) is 11.1 Å². The first-order valence-corrected chi connectivity index (χ1v) is 11.0. The van der Waals surface area contributed by atoms with Crippen molar-refractivity contribution >= 4 is 50.0 Å². The minimum Gasteiger partial charge on any atom is -0.431 e. The Morgan fingerprint density at radius 1 is 0.867 bits per heavy atom. The van der Waals surface area contributed by atoms with E-state index in [4.69, 9.17) is 11.6 Å². The average molecular weight is 438 g/mol. The van der Waals surface area contributed by atoms with Crippen molar-refractivity contribution in [2.45, 2.75) is 18.7 Å². The fourth-order valence-corrected chi connectivity index (χ4v) is 4.10. The normalized spacial score (nSPS) is 11.4. The molecule has 4 aromatic rings. The molecule has 3 aromatic carbocycles. The van der Waals surface area contributed by atoms with Gasteiger partial charge >= 0.3 is 0 Å². The molecule has 6 nitrogen and oxygen atoms in total. The molecule has 0 spiro atoms. The summed E-state index contributed by atoms with van der Waals surface area (Å²) in [6.07, 6.45) is 0. The van der Waals surface area contributed by atoms with Crippen LogP contribution in [-0.2, 0) is 10.0 Å². The number of para-hydroxylation sites is 2. The standard InChI is InChI=1S/C22H18ClN4O2S/c1-14-10-11-18(12-15(14)2)30(28,29)27-22-21(24-17-7-5-6-16(23)13-17)25-19-8-3-4-9-20(19)26-22/h3-13H,1-2H3,(H-,24,25,26,27)/q-1. The fourth-order valence-electron chi connectivity index (χ4n) is 2.88. The summed E-state index contributed by atoms with van der Waals surface area (Å²) in [7, 11) is -3.99. The molecule has 30 heavy (non-hydrogen) atoms. The van der Waals surface area contributed by atoms with E-state index in [1.807, 2.05) is 26.0 Å². The van der Waals surface area contributed by atoms with Gasteiger partial charge in [0.05, 0.1) is 10.4 Å². The van der Waals surface area contributed by atoms with Gasteiger partial charge in [-0.3, -0.25) is 0 Å². The summed E-state index contributed by atoms with van der Waals surface area (Å²) in [5.74, 6) is 0.204. The Morgan fingerprint density at radius 2 is 1.60 bits per heavy atom. The first-order valence-electron chi connectivity index (χ1n) is 9.16. The molecule has 0 amide bonds. The molecule has 0 aliphatic rings. The van der Waals surface area contributed by atoms with Gasteiger partial charge in [-0.25, -0.2) is 13.4 Å². The van der Waals surface area contributed by atoms with Gasteiger partial charge in [-0.05, 0) is 72.7 Å². The minimum atomic E-state index is -3.99. The van der Waals surface area contributed by atoms with E-state index < -0.39 is 10.0 Å². The van der Waals surface area contributed by atoms with Crippen molar-refractivity contribution in [2.24, 2.45) is 0 Å². The highest BCUT2D eigenvalue weighted by atomic mass is 35.5. The molecule has 152 valence electrons. The number of sulfonamides is 1. The Hall–Kier alpha value is -3.16. The lowest BCUT2D eigenvalue weighted by atomic mass is 10.1. The van der Waals surface area contributed by atoms with Crippen LogP contribution >= 0.6 is 11.6 Å². The number of rotatable bonds is 5. The monoisotopic (exact) mass is 437 g/mol. The third kappa shape index (κ3) is 4.22. The van der Waals surface area contributed by atoms with Crippen molar-refractivity contribution in [1.29, 1.82) is 0 Å². The molecule has 4 rings (SSSR count). The topological polar surface area (TPSA) is 86.1 Å². The number of hydrogen-bond donors (Lipinski definition) is 1. The number of aryl methyl sites for hydroxylation is 2. The van der Waals surface area contributed by atoms with Gasteiger partial charge in [0.15, 0.2) is 0 Å². The second-order valence-electron chi connectivity index (χ2n) is 6.83. The first-order chi connectivity index (χ1) is 14.3. The highest BCUT2D eigenvalue weighted by Crippen LogP contribution is 2.35. The number of benzene rings is 3. The van der Waals surface area contributed by atoms with Gasteiger partial charge in [0.2, 0.25) is 10.0 Å². The summed E-state index contributed by atoms with van der Waals surface area (Å²) in [6.45, 7) is 3.78. The fraction of sp³-hybridized carbons (Fsp3) is 0.0909. The van der Waals surface area contributed by atoms with Crippen molar-refractivity contribution in [3.63, 3.8) is 0 Å². The van der Waals surface area contributed by atoms with Crippen molar-refractivity contribution in [3.8, 4) is 0 Å². The van der Waals surface area contributed by atoms with E-state index >= 15 is 0 Å². The quantitative estimate of drug-likeness (QED) is 0.411. The third-order valence-electron chi connectivity index (χ3n) is 4.62. The Balaban J connectivity index is 1.79. The van der Waals surface area contributed by atoms with Crippen LogP contribution in [0, 0.1) is 13.8 Å². The zero-order chi connectivity index (χ0) is 21.3. The summed E-state index contributed by atoms with van der Waals surface area (Å²) >= 11 is 6.06. The van der Waals surface area contributed by atoms with Crippen LogP contribution in [0.2, 0.25) is 5.02 Å². The first kappa shape index (κ1) is 20.1. The van der Waals surface area contributed by atoms with Crippen molar-refractivity contribution in [2.75, 3.05) is 5.32 Å². The van der Waals surface area contributed by atoms with Crippen molar-refractivity contribution in [1.82, 2.24) is 9.97 Å². The number of nitrogens with zero attached hydrogens (tertiary/aromatic N) is 3. The Labute approximate surface area is 180 Å². The number of halogens is 1. The molecule has 0 aliphatic carbocycles. The minimum absolute atomic E-state index is 0.0214. The Morgan fingerprint density at radius 3 is 2.30 bits per heavy atom. The summed E-state index contributed by atoms with van der Waals surface area (Å²) in [6, 6.07) is 19.1. The van der Waals surface area contributed by atoms with E-state index in [1.54, 1.807) is 54.6 Å². The van der Waals surface area contributed by atoms with E-state index in [9.17, 15) is 8.42 Å². The smallest absolute Gasteiger partial charge is 0.202 e. The van der Waals surface area contributed by atoms with Crippen LogP contribution in [0.25, 0.3) is 15.8 Å². The zero-order valence-corrected chi connectivity index (χ0v) is 17.9. The second kappa shape index (κ2) is 7.93. The molecule has 0 atom stereocenters. The van der Waals surface area contributed by atoms with Crippen LogP contribution in [0.5, 0.6) is 0 Å². The van der Waals surface area contributed by atoms with E-state index in [0.29, 0.717) is 21.7 Å². The van der Waals surface area contributed by atoms with Gasteiger partial charge in [-0.2, -0.15) is 0 Å². The lowest BCUT2D eigenvalue weighted by molar-refractivity contribution is 0.603. The molecule has 1 heterocycles. The number of aromatic nitrogens is 2. The molecule has 0 bridgehead atoms. The molecular formula is C22H18ClN4O2S-. The molecule has 0 unspecified atom stereocenters. The molecular weight excluding hydrogens is 420 g/mol. The van der Waals surface area contributed by atoms with Crippen LogP contribution in [0.4, 0.5) is 17.3 Å². The van der Waals surface area contributed by atoms with Crippen molar-refractivity contribution < 1.29 is 8.42 Å². The van der Waals surface area contributed by atoms with Crippen LogP contribution in [0.1, 0.15) is 11.1 Å². The predicted octanol–water partition coefficient (Wildman–Crippen LogP) is 6.04. The summed E-state index contributed by atoms with van der Waals surface area (Å²) in [5.41, 5.74) is 3.68. The zero-order valence-electron chi connectivity index (χ0n) is 16.3. The highest BCUT2D eigenvalue weighted by Gasteiger charge is 2.13. The number of anilines is 2. The summed E-state index contributed by atoms with van der Waals surface area (Å²) in [5, 5.41) is 3.62. The van der Waals surface area contributed by atoms with E-state index in [1.165, 1.54) is 0 Å². The maximum absolute atomic E-state index is 13.0. The molecule has 0 aliphatic heterocycles. The predicted molar refractivity (Wildman–Crippen MR) is 120 cm³/mol. The Kier molecular flexibility index (Phi) is 5.32. The lowest BCUT2D eigenvalue weighted by Crippen LogP contribution is -2.03. The summed E-state index contributed by atoms with van der Waals surface area (Å²) < 4.78 is 30.0. The van der Waals surface area contributed by atoms with Gasteiger partial charge in [0.1, 0.15) is 5.82 Å². The van der Waals surface area contributed by atoms with Crippen molar-refractivity contribution in [3.05, 3.63) is 87.6 Å². The van der Waals surface area contributed by atoms with Crippen LogP contribution < -0.4 is 5.32 Å². The second-order valence-corrected chi connectivity index (χ2v) is 8.87. The number of nitrogens with one attached hydrogen (secondary N) is 1. The maximum Gasteiger partial charge on any atom is 0.202 e. The third-order valence-corrected chi connectivity index (χ3v) is 6.12. The van der Waals surface area contributed by atoms with Crippen LogP contribution in [-0.4, -0.2) is 18.4 Å². The molecule has 8 heteroatoms. The Bertz CT molecular complexity index is 1360. The number of hydrogen-bond acceptors (Lipinski definition) is 5. The van der Waals surface area contributed by atoms with Gasteiger partial charge in [0, 0.05) is 10.7 Å². The average Bonchev–Trinajstić information content (AvgIpc) is 2.70. The molecule has 1 N–H and O–H groups in total. The number of fused-ring (bicyclic) bond motifs is 1. The molecule has 0 saturated heterocycles. The SMILES string of the molecule is Cc1ccc(S(=O)(=O)[N-]c2nc3ccccc3nc2Nc2cccc(Cl)c2)cc1C. The van der Waals surface area contributed by atoms with Gasteiger partial charge in [0.25, 0.3) is 0 Å². The highest BCUT2D eigenvalue weighted by molar-refractivity contribution is 7.94. The largest absolute Gasteiger partial charge is 0.431 e. The van der Waals surface area contributed by atoms with Gasteiger partial charge < -0.3 is 15.0 Å². The molecule has 0 saturated carbocycles. The molecule has 0 fully saturated rings. The van der Waals surface area contributed by atoms with Crippen LogP contribution in [0.3, 0.4) is 0 Å².